The minimum atomic E-state index is -4.44. The first-order valence-electron chi connectivity index (χ1n) is 8.05. The third kappa shape index (κ3) is 5.97. The number of nitriles is 1. The molecule has 1 saturated heterocycles. The monoisotopic (exact) mass is 452 g/mol. The molecule has 1 aliphatic rings. The molecule has 1 aromatic carbocycles. The summed E-state index contributed by atoms with van der Waals surface area (Å²) in [6, 6.07) is 7.11. The van der Waals surface area contributed by atoms with Crippen LogP contribution in [-0.2, 0) is 17.2 Å². The van der Waals surface area contributed by atoms with E-state index < -0.39 is 40.1 Å². The number of hydrogen-bond donors (Lipinski definition) is 3. The predicted octanol–water partition coefficient (Wildman–Crippen LogP) is 2.62. The van der Waals surface area contributed by atoms with Crippen LogP contribution in [0.15, 0.2) is 34.5 Å². The fourth-order valence-electron chi connectivity index (χ4n) is 2.38. The zero-order chi connectivity index (χ0) is 21.8. The second-order valence-electron chi connectivity index (χ2n) is 6.14. The lowest BCUT2D eigenvalue weighted by Crippen LogP contribution is -2.37. The molecule has 1 fully saturated rings. The van der Waals surface area contributed by atoms with Crippen molar-refractivity contribution < 1.29 is 37.1 Å². The van der Waals surface area contributed by atoms with Gasteiger partial charge in [-0.25, -0.2) is 12.9 Å². The molecule has 2 heterocycles. The zero-order valence-electron chi connectivity index (χ0n) is 14.7. The highest BCUT2D eigenvalue weighted by Gasteiger charge is 2.39. The number of aliphatic hydroxyl groups is 2. The summed E-state index contributed by atoms with van der Waals surface area (Å²) in [5.41, 5.74) is -1.38. The number of hydrogen-bond acceptors (Lipinski definition) is 6. The molecule has 6 nitrogen and oxygen atoms in total. The first-order chi connectivity index (χ1) is 13.5. The van der Waals surface area contributed by atoms with Gasteiger partial charge in [0, 0.05) is 19.2 Å². The summed E-state index contributed by atoms with van der Waals surface area (Å²) in [6.45, 7) is -0.211. The molecule has 1 aliphatic heterocycles. The maximum absolute atomic E-state index is 12.5. The van der Waals surface area contributed by atoms with Crippen molar-refractivity contribution in [3.63, 3.8) is 0 Å². The van der Waals surface area contributed by atoms with Gasteiger partial charge in [-0.15, -0.1) is 11.3 Å². The number of thiophene rings is 1. The molecule has 3 N–H and O–H groups in total. The lowest BCUT2D eigenvalue weighted by Gasteiger charge is -2.19. The second kappa shape index (κ2) is 9.19. The third-order valence-corrected chi connectivity index (χ3v) is 6.80. The highest BCUT2D eigenvalue weighted by Crippen LogP contribution is 2.36. The van der Waals surface area contributed by atoms with Gasteiger partial charge in [0.05, 0.1) is 12.2 Å². The van der Waals surface area contributed by atoms with Crippen molar-refractivity contribution in [1.29, 1.82) is 5.26 Å². The van der Waals surface area contributed by atoms with Crippen molar-refractivity contribution in [3.05, 3.63) is 46.6 Å². The molecular formula is C17H16F4N2O4S2. The van der Waals surface area contributed by atoms with Crippen LogP contribution in [0.2, 0.25) is 0 Å². The summed E-state index contributed by atoms with van der Waals surface area (Å²) in [6.07, 6.45) is -4.20. The molecule has 0 radical (unpaired) electrons. The van der Waals surface area contributed by atoms with Gasteiger partial charge in [0.25, 0.3) is 0 Å². The lowest BCUT2D eigenvalue weighted by molar-refractivity contribution is -0.134. The van der Waals surface area contributed by atoms with Crippen LogP contribution < -0.4 is 0 Å². The minimum absolute atomic E-state index is 0.0185. The predicted molar refractivity (Wildman–Crippen MR) is 96.7 cm³/mol. The number of aliphatic hydroxyl groups excluding tert-OH is 1. The molecule has 12 heteroatoms. The molecule has 0 spiro atoms. The molecule has 2 unspecified atom stereocenters. The number of phenolic OH excluding ortho intramolecular Hbond substituents is 1. The number of alkyl halides is 3. The van der Waals surface area contributed by atoms with Crippen molar-refractivity contribution in [3.8, 4) is 11.8 Å². The van der Waals surface area contributed by atoms with Crippen LogP contribution >= 0.6 is 11.3 Å². The highest BCUT2D eigenvalue weighted by atomic mass is 32.2. The van der Waals surface area contributed by atoms with Crippen LogP contribution in [0.4, 0.5) is 17.6 Å². The average Bonchev–Trinajstić information content (AvgIpc) is 3.29. The van der Waals surface area contributed by atoms with E-state index in [1.165, 1.54) is 22.5 Å². The standard InChI is InChI=1S/C10H12F3NO3S2.C7H4FNO/c11-10(12,13)7-1-2-8(18-7)19(17)14-4-3-9(16,5-14)6-15;8-7-3-6(10)2-1-5(7)4-9/h1-2,15-16H,3-6H2;1-3,10H. The first-order valence-corrected chi connectivity index (χ1v) is 9.97. The quantitative estimate of drug-likeness (QED) is 0.621. The van der Waals surface area contributed by atoms with Gasteiger partial charge in [-0.3, -0.25) is 0 Å². The number of nitrogens with zero attached hydrogens (tertiary/aromatic N) is 2. The number of aromatic hydroxyl groups is 1. The summed E-state index contributed by atoms with van der Waals surface area (Å²) in [4.78, 5) is -0.799. The Bertz CT molecular complexity index is 929. The Balaban J connectivity index is 0.000000253. The molecule has 29 heavy (non-hydrogen) atoms. The molecule has 2 aromatic rings. The van der Waals surface area contributed by atoms with E-state index >= 15 is 0 Å². The van der Waals surface area contributed by atoms with Gasteiger partial charge in [0.2, 0.25) is 0 Å². The molecule has 1 aromatic heterocycles. The molecule has 0 saturated carbocycles. The highest BCUT2D eigenvalue weighted by molar-refractivity contribution is 7.85. The molecule has 0 aliphatic carbocycles. The SMILES string of the molecule is N#Cc1ccc(O)cc1F.O=S(c1ccc(C(F)(F)F)s1)N1CCC(O)(CO)C1. The molecule has 0 bridgehead atoms. The van der Waals surface area contributed by atoms with Crippen molar-refractivity contribution in [2.24, 2.45) is 0 Å². The maximum Gasteiger partial charge on any atom is 0.425 e. The largest absolute Gasteiger partial charge is 0.508 e. The summed E-state index contributed by atoms with van der Waals surface area (Å²) < 4.78 is 63.3. The molecule has 158 valence electrons. The summed E-state index contributed by atoms with van der Waals surface area (Å²) in [7, 11) is -1.74. The van der Waals surface area contributed by atoms with E-state index in [0.717, 1.165) is 12.1 Å². The van der Waals surface area contributed by atoms with Gasteiger partial charge < -0.3 is 15.3 Å². The first kappa shape index (κ1) is 23.2. The topological polar surface area (TPSA) is 105 Å². The van der Waals surface area contributed by atoms with Crippen LogP contribution in [0.5, 0.6) is 5.75 Å². The van der Waals surface area contributed by atoms with Crippen molar-refractivity contribution in [2.45, 2.75) is 22.4 Å². The van der Waals surface area contributed by atoms with Crippen LogP contribution in [0.25, 0.3) is 0 Å². The van der Waals surface area contributed by atoms with Gasteiger partial charge in [-0.2, -0.15) is 18.4 Å². The number of β-amino-alcohol motifs (C(OH)–C–C–N with tert-alkyl or cyclic N) is 1. The van der Waals surface area contributed by atoms with E-state index in [4.69, 9.17) is 15.5 Å². The van der Waals surface area contributed by atoms with E-state index in [-0.39, 0.29) is 35.0 Å². The van der Waals surface area contributed by atoms with E-state index in [2.05, 4.69) is 0 Å². The van der Waals surface area contributed by atoms with Crippen molar-refractivity contribution in [2.75, 3.05) is 19.7 Å². The number of rotatable bonds is 3. The van der Waals surface area contributed by atoms with Crippen LogP contribution in [0.1, 0.15) is 16.9 Å². The van der Waals surface area contributed by atoms with Gasteiger partial charge in [0.1, 0.15) is 43.3 Å². The van der Waals surface area contributed by atoms with Crippen LogP contribution in [-0.4, -0.2) is 49.1 Å². The number of halogens is 4. The van der Waals surface area contributed by atoms with E-state index in [0.29, 0.717) is 11.3 Å². The Labute approximate surface area is 169 Å². The summed E-state index contributed by atoms with van der Waals surface area (Å²) >= 11 is 0.432. The molecule has 2 atom stereocenters. The van der Waals surface area contributed by atoms with Crippen molar-refractivity contribution in [1.82, 2.24) is 4.31 Å². The smallest absolute Gasteiger partial charge is 0.425 e. The minimum Gasteiger partial charge on any atom is -0.508 e. The maximum atomic E-state index is 12.5. The van der Waals surface area contributed by atoms with E-state index in [9.17, 15) is 26.9 Å². The van der Waals surface area contributed by atoms with Gasteiger partial charge in [-0.1, -0.05) is 0 Å². The Morgan fingerprint density at radius 2 is 2.00 bits per heavy atom. The number of phenols is 1. The van der Waals surface area contributed by atoms with Gasteiger partial charge in [-0.05, 0) is 30.7 Å². The average molecular weight is 452 g/mol. The Kier molecular flexibility index (Phi) is 7.36. The van der Waals surface area contributed by atoms with Crippen LogP contribution in [0, 0.1) is 17.1 Å². The van der Waals surface area contributed by atoms with Crippen LogP contribution in [0.3, 0.4) is 0 Å². The second-order valence-corrected chi connectivity index (χ2v) is 8.93. The molecule has 3 rings (SSSR count). The van der Waals surface area contributed by atoms with E-state index in [1.54, 1.807) is 6.07 Å². The van der Waals surface area contributed by atoms with Crippen molar-refractivity contribution >= 4 is 22.3 Å². The number of benzene rings is 1. The third-order valence-electron chi connectivity index (χ3n) is 3.93. The fourth-order valence-corrected chi connectivity index (χ4v) is 4.91. The zero-order valence-corrected chi connectivity index (χ0v) is 16.3. The molecular weight excluding hydrogens is 436 g/mol. The normalized spacial score (nSPS) is 20.6. The molecule has 0 amide bonds. The summed E-state index contributed by atoms with van der Waals surface area (Å²) in [5, 5.41) is 35.7. The Hall–Kier alpha value is -2.04. The van der Waals surface area contributed by atoms with Gasteiger partial charge in [0.15, 0.2) is 0 Å². The Morgan fingerprint density at radius 3 is 2.48 bits per heavy atom. The van der Waals surface area contributed by atoms with Gasteiger partial charge >= 0.3 is 6.18 Å². The fraction of sp³-hybridized carbons (Fsp3) is 0.353. The Morgan fingerprint density at radius 1 is 1.31 bits per heavy atom. The van der Waals surface area contributed by atoms with E-state index in [1.807, 2.05) is 0 Å². The summed E-state index contributed by atoms with van der Waals surface area (Å²) in [5.74, 6) is -0.862. The lowest BCUT2D eigenvalue weighted by atomic mass is 10.1.